The van der Waals surface area contributed by atoms with Crippen LogP contribution in [-0.2, 0) is 25.7 Å². The zero-order valence-corrected chi connectivity index (χ0v) is 16.7. The number of halogens is 1. The number of ether oxygens (including phenoxy) is 2. The Morgan fingerprint density at radius 3 is 2.63 bits per heavy atom. The summed E-state index contributed by atoms with van der Waals surface area (Å²) in [5.41, 5.74) is 1.85. The summed E-state index contributed by atoms with van der Waals surface area (Å²) in [5.74, 6) is -2.02. The van der Waals surface area contributed by atoms with Gasteiger partial charge in [0.1, 0.15) is 11.6 Å². The topological polar surface area (TPSA) is 55.8 Å². The van der Waals surface area contributed by atoms with E-state index >= 15 is 0 Å². The van der Waals surface area contributed by atoms with Gasteiger partial charge in [-0.1, -0.05) is 46.3 Å². The Hall–Kier alpha value is -2.18. The molecule has 4 rings (SSSR count). The highest BCUT2D eigenvalue weighted by Crippen LogP contribution is 2.48. The Balaban J connectivity index is 1.82. The van der Waals surface area contributed by atoms with E-state index in [1.54, 1.807) is 4.90 Å². The van der Waals surface area contributed by atoms with Gasteiger partial charge in [-0.2, -0.15) is 0 Å². The first-order valence-corrected chi connectivity index (χ1v) is 9.63. The monoisotopic (exact) mass is 429 g/mol. The van der Waals surface area contributed by atoms with E-state index in [1.165, 1.54) is 7.11 Å². The second-order valence-electron chi connectivity index (χ2n) is 7.13. The van der Waals surface area contributed by atoms with Crippen LogP contribution in [0.2, 0.25) is 0 Å². The molecule has 0 N–H and O–H groups in total. The second-order valence-corrected chi connectivity index (χ2v) is 8.04. The van der Waals surface area contributed by atoms with Crippen molar-refractivity contribution in [3.63, 3.8) is 0 Å². The molecule has 1 amide bonds. The number of para-hydroxylation sites is 1. The number of nitrogens with zero attached hydrogens (tertiary/aromatic N) is 1. The molecule has 6 heteroatoms. The lowest BCUT2D eigenvalue weighted by atomic mass is 9.75. The Labute approximate surface area is 166 Å². The molecule has 2 aliphatic heterocycles. The summed E-state index contributed by atoms with van der Waals surface area (Å²) in [6, 6.07) is 15.4. The molecule has 2 aromatic carbocycles. The molecule has 0 aliphatic carbocycles. The molecule has 3 atom stereocenters. The number of rotatable bonds is 2. The summed E-state index contributed by atoms with van der Waals surface area (Å²) in [6.07, 6.45) is 0.508. The molecule has 2 aliphatic rings. The minimum atomic E-state index is -0.904. The van der Waals surface area contributed by atoms with E-state index in [0.29, 0.717) is 13.0 Å². The molecule has 1 saturated heterocycles. The summed E-state index contributed by atoms with van der Waals surface area (Å²) in [4.78, 5) is 27.8. The maximum atomic E-state index is 13.5. The fraction of sp³-hybridized carbons (Fsp3) is 0.333. The van der Waals surface area contributed by atoms with Crippen LogP contribution in [0.25, 0.3) is 0 Å². The lowest BCUT2D eigenvalue weighted by Gasteiger charge is -2.51. The predicted molar refractivity (Wildman–Crippen MR) is 104 cm³/mol. The molecule has 0 radical (unpaired) electrons. The molecule has 140 valence electrons. The average Bonchev–Trinajstić information content (AvgIpc) is 2.67. The smallest absolute Gasteiger partial charge is 0.318 e. The van der Waals surface area contributed by atoms with Crippen molar-refractivity contribution in [3.05, 3.63) is 64.1 Å². The maximum Gasteiger partial charge on any atom is 0.318 e. The first-order valence-electron chi connectivity index (χ1n) is 8.84. The number of piperidine rings is 1. The lowest BCUT2D eigenvalue weighted by molar-refractivity contribution is -0.159. The number of esters is 1. The van der Waals surface area contributed by atoms with Crippen LogP contribution in [0.5, 0.6) is 0 Å². The number of anilines is 1. The molecule has 0 spiro atoms. The van der Waals surface area contributed by atoms with Gasteiger partial charge < -0.3 is 9.47 Å². The van der Waals surface area contributed by atoms with Crippen LogP contribution < -0.4 is 4.90 Å². The fourth-order valence-corrected chi connectivity index (χ4v) is 4.42. The third-order valence-electron chi connectivity index (χ3n) is 5.48. The van der Waals surface area contributed by atoms with Crippen molar-refractivity contribution >= 4 is 33.5 Å². The van der Waals surface area contributed by atoms with Gasteiger partial charge in [-0.3, -0.25) is 14.5 Å². The third kappa shape index (κ3) is 2.97. The summed E-state index contributed by atoms with van der Waals surface area (Å²) in [6.45, 7) is 2.35. The first-order chi connectivity index (χ1) is 12.9. The van der Waals surface area contributed by atoms with Crippen molar-refractivity contribution in [2.45, 2.75) is 31.6 Å². The fourth-order valence-electron chi connectivity index (χ4n) is 4.16. The molecule has 1 fully saturated rings. The predicted octanol–water partition coefficient (Wildman–Crippen LogP) is 4.01. The third-order valence-corrected chi connectivity index (χ3v) is 6.01. The van der Waals surface area contributed by atoms with Crippen LogP contribution in [0, 0.1) is 5.92 Å². The SMILES string of the molecule is COC(=O)[C@H]1C(=O)N2c3ccccc3CO[C@]2(C)C[C@@H]1c1ccc(Br)cc1. The largest absolute Gasteiger partial charge is 0.468 e. The van der Waals surface area contributed by atoms with E-state index in [9.17, 15) is 9.59 Å². The Bertz CT molecular complexity index is 897. The van der Waals surface area contributed by atoms with E-state index in [-0.39, 0.29) is 11.8 Å². The van der Waals surface area contributed by atoms with Crippen molar-refractivity contribution in [1.82, 2.24) is 0 Å². The van der Waals surface area contributed by atoms with Crippen LogP contribution in [0.1, 0.15) is 30.4 Å². The minimum absolute atomic E-state index is 0.282. The molecular weight excluding hydrogens is 410 g/mol. The number of fused-ring (bicyclic) bond motifs is 3. The van der Waals surface area contributed by atoms with Crippen LogP contribution >= 0.6 is 15.9 Å². The normalized spacial score (nSPS) is 26.9. The van der Waals surface area contributed by atoms with E-state index < -0.39 is 17.6 Å². The first kappa shape index (κ1) is 18.2. The molecule has 2 heterocycles. The number of benzene rings is 2. The standard InChI is InChI=1S/C21H20BrNO4/c1-21-11-16(13-7-9-15(22)10-8-13)18(20(25)26-2)19(24)23(21)17-6-4-3-5-14(17)12-27-21/h3-10,16,18H,11-12H2,1-2H3/t16-,18-,21-/m1/s1. The molecule has 0 unspecified atom stereocenters. The van der Waals surface area contributed by atoms with Crippen molar-refractivity contribution < 1.29 is 19.1 Å². The molecule has 5 nitrogen and oxygen atoms in total. The summed E-state index contributed by atoms with van der Waals surface area (Å²) in [7, 11) is 1.32. The van der Waals surface area contributed by atoms with E-state index in [4.69, 9.17) is 9.47 Å². The highest BCUT2D eigenvalue weighted by atomic mass is 79.9. The molecular formula is C21H20BrNO4. The van der Waals surface area contributed by atoms with Gasteiger partial charge in [-0.05, 0) is 30.7 Å². The Kier molecular flexibility index (Phi) is 4.56. The number of hydrogen-bond donors (Lipinski definition) is 0. The molecule has 2 aromatic rings. The van der Waals surface area contributed by atoms with Gasteiger partial charge in [0.15, 0.2) is 0 Å². The number of hydrogen-bond acceptors (Lipinski definition) is 4. The van der Waals surface area contributed by atoms with Crippen molar-refractivity contribution in [2.75, 3.05) is 12.0 Å². The van der Waals surface area contributed by atoms with E-state index in [2.05, 4.69) is 15.9 Å². The molecule has 0 aromatic heterocycles. The summed E-state index contributed by atoms with van der Waals surface area (Å²) < 4.78 is 12.1. The summed E-state index contributed by atoms with van der Waals surface area (Å²) >= 11 is 3.43. The Morgan fingerprint density at radius 2 is 1.93 bits per heavy atom. The molecule has 27 heavy (non-hydrogen) atoms. The second kappa shape index (κ2) is 6.77. The zero-order valence-electron chi connectivity index (χ0n) is 15.1. The van der Waals surface area contributed by atoms with E-state index in [1.807, 2.05) is 55.5 Å². The van der Waals surface area contributed by atoms with E-state index in [0.717, 1.165) is 21.3 Å². The highest BCUT2D eigenvalue weighted by molar-refractivity contribution is 9.10. The number of carbonyl (C=O) groups is 2. The molecule has 0 saturated carbocycles. The number of amides is 1. The Morgan fingerprint density at radius 1 is 1.22 bits per heavy atom. The highest BCUT2D eigenvalue weighted by Gasteiger charge is 2.55. The maximum absolute atomic E-state index is 13.5. The van der Waals surface area contributed by atoms with Gasteiger partial charge in [-0.15, -0.1) is 0 Å². The quantitative estimate of drug-likeness (QED) is 0.534. The van der Waals surface area contributed by atoms with Crippen LogP contribution in [0.3, 0.4) is 0 Å². The van der Waals surface area contributed by atoms with Gasteiger partial charge in [0.2, 0.25) is 5.91 Å². The number of carbonyl (C=O) groups excluding carboxylic acids is 2. The van der Waals surface area contributed by atoms with Crippen LogP contribution in [0.15, 0.2) is 53.0 Å². The van der Waals surface area contributed by atoms with Gasteiger partial charge in [-0.25, -0.2) is 0 Å². The van der Waals surface area contributed by atoms with Gasteiger partial charge in [0, 0.05) is 22.4 Å². The van der Waals surface area contributed by atoms with Crippen LogP contribution in [0.4, 0.5) is 5.69 Å². The average molecular weight is 430 g/mol. The summed E-state index contributed by atoms with van der Waals surface area (Å²) in [5, 5.41) is 0. The van der Waals surface area contributed by atoms with Crippen molar-refractivity contribution in [2.24, 2.45) is 5.92 Å². The zero-order chi connectivity index (χ0) is 19.2. The minimum Gasteiger partial charge on any atom is -0.468 e. The van der Waals surface area contributed by atoms with Crippen LogP contribution in [-0.4, -0.2) is 24.7 Å². The van der Waals surface area contributed by atoms with Crippen molar-refractivity contribution in [1.29, 1.82) is 0 Å². The van der Waals surface area contributed by atoms with Gasteiger partial charge in [0.25, 0.3) is 0 Å². The van der Waals surface area contributed by atoms with Gasteiger partial charge in [0.05, 0.1) is 19.4 Å². The lowest BCUT2D eigenvalue weighted by Crippen LogP contribution is -2.62. The van der Waals surface area contributed by atoms with Gasteiger partial charge >= 0.3 is 5.97 Å². The molecule has 0 bridgehead atoms. The number of methoxy groups -OCH3 is 1. The van der Waals surface area contributed by atoms with Crippen molar-refractivity contribution in [3.8, 4) is 0 Å².